The van der Waals surface area contributed by atoms with Crippen molar-refractivity contribution < 1.29 is 17.9 Å². The predicted octanol–water partition coefficient (Wildman–Crippen LogP) is 5.57. The van der Waals surface area contributed by atoms with Gasteiger partial charge in [-0.05, 0) is 37.6 Å². The minimum Gasteiger partial charge on any atom is -0.483 e. The molecule has 0 fully saturated rings. The maximum Gasteiger partial charge on any atom is 0.416 e. The molecule has 0 spiro atoms. The zero-order valence-electron chi connectivity index (χ0n) is 15.7. The van der Waals surface area contributed by atoms with E-state index in [2.05, 4.69) is 10.2 Å². The molecule has 28 heavy (non-hydrogen) atoms. The van der Waals surface area contributed by atoms with Crippen LogP contribution < -0.4 is 4.74 Å². The van der Waals surface area contributed by atoms with Gasteiger partial charge in [0.05, 0.1) is 5.56 Å². The highest BCUT2D eigenvalue weighted by Crippen LogP contribution is 2.31. The van der Waals surface area contributed by atoms with Crippen LogP contribution in [0.15, 0.2) is 53.7 Å². The summed E-state index contributed by atoms with van der Waals surface area (Å²) >= 11 is 1.33. The first kappa shape index (κ1) is 20.3. The zero-order valence-corrected chi connectivity index (χ0v) is 16.5. The van der Waals surface area contributed by atoms with Crippen molar-refractivity contribution in [2.45, 2.75) is 37.0 Å². The highest BCUT2D eigenvalue weighted by molar-refractivity contribution is 7.98. The highest BCUT2D eigenvalue weighted by Gasteiger charge is 2.30. The third kappa shape index (κ3) is 4.86. The van der Waals surface area contributed by atoms with E-state index in [-0.39, 0.29) is 6.10 Å². The Morgan fingerprint density at radius 3 is 2.50 bits per heavy atom. The van der Waals surface area contributed by atoms with Gasteiger partial charge in [0.1, 0.15) is 5.75 Å². The molecular weight excluding hydrogens is 387 g/mol. The molecule has 0 amide bonds. The van der Waals surface area contributed by atoms with Gasteiger partial charge in [-0.2, -0.15) is 13.2 Å². The van der Waals surface area contributed by atoms with E-state index in [0.717, 1.165) is 23.4 Å². The summed E-state index contributed by atoms with van der Waals surface area (Å²) < 4.78 is 46.2. The largest absolute Gasteiger partial charge is 0.483 e. The van der Waals surface area contributed by atoms with Gasteiger partial charge in [-0.1, -0.05) is 47.7 Å². The Kier molecular flexibility index (Phi) is 5.98. The van der Waals surface area contributed by atoms with Crippen molar-refractivity contribution >= 4 is 11.8 Å². The molecule has 4 nitrogen and oxygen atoms in total. The van der Waals surface area contributed by atoms with Crippen LogP contribution in [0.3, 0.4) is 0 Å². The molecule has 2 aromatic carbocycles. The first-order valence-electron chi connectivity index (χ1n) is 8.65. The number of halogens is 3. The smallest absolute Gasteiger partial charge is 0.416 e. The molecule has 0 saturated carbocycles. The molecule has 0 aliphatic rings. The second kappa shape index (κ2) is 8.26. The van der Waals surface area contributed by atoms with Gasteiger partial charge in [-0.3, -0.25) is 0 Å². The van der Waals surface area contributed by atoms with E-state index in [9.17, 15) is 13.2 Å². The molecule has 0 N–H and O–H groups in total. The highest BCUT2D eigenvalue weighted by atomic mass is 32.2. The first-order chi connectivity index (χ1) is 13.2. The summed E-state index contributed by atoms with van der Waals surface area (Å²) in [5.74, 6) is 1.75. The summed E-state index contributed by atoms with van der Waals surface area (Å²) in [6.45, 7) is 3.88. The van der Waals surface area contributed by atoms with Crippen molar-refractivity contribution in [3.63, 3.8) is 0 Å². The van der Waals surface area contributed by atoms with Crippen molar-refractivity contribution in [2.75, 3.05) is 0 Å². The van der Waals surface area contributed by atoms with E-state index in [1.165, 1.54) is 17.8 Å². The lowest BCUT2D eigenvalue weighted by atomic mass is 10.1. The van der Waals surface area contributed by atoms with Gasteiger partial charge in [-0.15, -0.1) is 10.2 Å². The van der Waals surface area contributed by atoms with E-state index in [4.69, 9.17) is 4.74 Å². The fraction of sp³-hybridized carbons (Fsp3) is 0.300. The van der Waals surface area contributed by atoms with E-state index in [0.29, 0.717) is 22.3 Å². The van der Waals surface area contributed by atoms with E-state index in [1.807, 2.05) is 45.2 Å². The number of thioether (sulfide) groups is 1. The Morgan fingerprint density at radius 1 is 1.11 bits per heavy atom. The Balaban J connectivity index is 1.67. The molecule has 0 aliphatic heterocycles. The summed E-state index contributed by atoms with van der Waals surface area (Å²) in [5.41, 5.74) is 1.07. The normalized spacial score (nSPS) is 12.8. The third-order valence-corrected chi connectivity index (χ3v) is 5.28. The summed E-state index contributed by atoms with van der Waals surface area (Å²) in [5, 5.41) is 8.96. The molecule has 1 unspecified atom stereocenters. The van der Waals surface area contributed by atoms with E-state index >= 15 is 0 Å². The molecular formula is C20H20F3N3OS. The maximum atomic E-state index is 12.8. The minimum absolute atomic E-state index is 0.317. The van der Waals surface area contributed by atoms with Crippen LogP contribution in [0, 0.1) is 6.92 Å². The van der Waals surface area contributed by atoms with Crippen LogP contribution in [-0.2, 0) is 19.0 Å². The second-order valence-corrected chi connectivity index (χ2v) is 7.40. The number of rotatable bonds is 6. The standard InChI is InChI=1S/C20H20F3N3OS/c1-13-7-9-17(10-8-13)27-14(2)18-24-25-19(26(18)3)28-12-15-5-4-6-16(11-15)20(21,22)23/h4-11,14H,12H2,1-3H3. The summed E-state index contributed by atoms with van der Waals surface area (Å²) in [4.78, 5) is 0. The number of ether oxygens (including phenoxy) is 1. The van der Waals surface area contributed by atoms with Gasteiger partial charge in [0.2, 0.25) is 0 Å². The van der Waals surface area contributed by atoms with E-state index < -0.39 is 11.7 Å². The number of hydrogen-bond acceptors (Lipinski definition) is 4. The zero-order chi connectivity index (χ0) is 20.3. The molecule has 0 aliphatic carbocycles. The molecule has 3 rings (SSSR count). The minimum atomic E-state index is -4.35. The molecule has 1 atom stereocenters. The second-order valence-electron chi connectivity index (χ2n) is 6.46. The van der Waals surface area contributed by atoms with Crippen LogP contribution in [0.4, 0.5) is 13.2 Å². The summed E-state index contributed by atoms with van der Waals surface area (Å²) in [6.07, 6.45) is -4.66. The summed E-state index contributed by atoms with van der Waals surface area (Å²) in [7, 11) is 1.82. The third-order valence-electron chi connectivity index (χ3n) is 4.19. The molecule has 0 bridgehead atoms. The van der Waals surface area contributed by atoms with Crippen molar-refractivity contribution in [1.29, 1.82) is 0 Å². The SMILES string of the molecule is Cc1ccc(OC(C)c2nnc(SCc3cccc(C(F)(F)F)c3)n2C)cc1. The molecule has 148 valence electrons. The number of benzene rings is 2. The Morgan fingerprint density at radius 2 is 1.82 bits per heavy atom. The Hall–Kier alpha value is -2.48. The van der Waals surface area contributed by atoms with Crippen molar-refractivity contribution in [3.05, 3.63) is 71.0 Å². The average Bonchev–Trinajstić information content (AvgIpc) is 3.02. The maximum absolute atomic E-state index is 12.8. The molecule has 3 aromatic rings. The topological polar surface area (TPSA) is 39.9 Å². The molecule has 1 aromatic heterocycles. The molecule has 1 heterocycles. The fourth-order valence-electron chi connectivity index (χ4n) is 2.66. The number of aryl methyl sites for hydroxylation is 1. The molecule has 0 saturated heterocycles. The van der Waals surface area contributed by atoms with Crippen LogP contribution in [0.25, 0.3) is 0 Å². The lowest BCUT2D eigenvalue weighted by Crippen LogP contribution is -2.10. The fourth-order valence-corrected chi connectivity index (χ4v) is 3.53. The number of nitrogens with zero attached hydrogens (tertiary/aromatic N) is 3. The number of aromatic nitrogens is 3. The van der Waals surface area contributed by atoms with Gasteiger partial charge in [0.25, 0.3) is 0 Å². The van der Waals surface area contributed by atoms with Gasteiger partial charge in [0.15, 0.2) is 17.1 Å². The lowest BCUT2D eigenvalue weighted by Gasteiger charge is -2.14. The van der Waals surface area contributed by atoms with Crippen LogP contribution in [-0.4, -0.2) is 14.8 Å². The van der Waals surface area contributed by atoms with Crippen molar-refractivity contribution in [3.8, 4) is 5.75 Å². The van der Waals surface area contributed by atoms with Crippen LogP contribution in [0.1, 0.15) is 35.5 Å². The monoisotopic (exact) mass is 407 g/mol. The number of hydrogen-bond donors (Lipinski definition) is 0. The van der Waals surface area contributed by atoms with E-state index in [1.54, 1.807) is 10.6 Å². The summed E-state index contributed by atoms with van der Waals surface area (Å²) in [6, 6.07) is 13.0. The van der Waals surface area contributed by atoms with Crippen LogP contribution in [0.5, 0.6) is 5.75 Å². The van der Waals surface area contributed by atoms with Crippen molar-refractivity contribution in [2.24, 2.45) is 7.05 Å². The first-order valence-corrected chi connectivity index (χ1v) is 9.64. The van der Waals surface area contributed by atoms with Gasteiger partial charge in [0, 0.05) is 12.8 Å². The van der Waals surface area contributed by atoms with Crippen molar-refractivity contribution in [1.82, 2.24) is 14.8 Å². The molecule has 8 heteroatoms. The van der Waals surface area contributed by atoms with Gasteiger partial charge < -0.3 is 9.30 Å². The van der Waals surface area contributed by atoms with Crippen LogP contribution >= 0.6 is 11.8 Å². The lowest BCUT2D eigenvalue weighted by molar-refractivity contribution is -0.137. The van der Waals surface area contributed by atoms with Gasteiger partial charge in [-0.25, -0.2) is 0 Å². The number of alkyl halides is 3. The van der Waals surface area contributed by atoms with Gasteiger partial charge >= 0.3 is 6.18 Å². The average molecular weight is 407 g/mol. The Bertz CT molecular complexity index is 939. The van der Waals surface area contributed by atoms with Crippen LogP contribution in [0.2, 0.25) is 0 Å². The molecule has 0 radical (unpaired) electrons. The predicted molar refractivity (Wildman–Crippen MR) is 102 cm³/mol. The quantitative estimate of drug-likeness (QED) is 0.501. The Labute approximate surface area is 165 Å².